The molecular formula is C20H27FIN3O2. The van der Waals surface area contributed by atoms with Gasteiger partial charge in [0.1, 0.15) is 11.6 Å². The van der Waals surface area contributed by atoms with Gasteiger partial charge in [-0.1, -0.05) is 30.3 Å². The maximum Gasteiger partial charge on any atom is 0.191 e. The van der Waals surface area contributed by atoms with Gasteiger partial charge < -0.3 is 20.5 Å². The molecule has 1 atom stereocenters. The zero-order valence-corrected chi connectivity index (χ0v) is 17.9. The molecule has 2 rings (SSSR count). The third-order valence-corrected chi connectivity index (χ3v) is 3.89. The molecule has 0 saturated heterocycles. The highest BCUT2D eigenvalue weighted by molar-refractivity contribution is 14.0. The molecule has 0 fully saturated rings. The van der Waals surface area contributed by atoms with Crippen molar-refractivity contribution in [2.24, 2.45) is 4.99 Å². The number of methoxy groups -OCH3 is 1. The van der Waals surface area contributed by atoms with Crippen LogP contribution in [0, 0.1) is 5.82 Å². The maximum absolute atomic E-state index is 13.6. The molecule has 0 saturated carbocycles. The van der Waals surface area contributed by atoms with E-state index in [0.29, 0.717) is 36.8 Å². The predicted octanol–water partition coefficient (Wildman–Crippen LogP) is 3.28. The first-order chi connectivity index (χ1) is 12.6. The molecule has 0 spiro atoms. The number of guanidine groups is 1. The second kappa shape index (κ2) is 12.5. The van der Waals surface area contributed by atoms with E-state index < -0.39 is 6.10 Å². The summed E-state index contributed by atoms with van der Waals surface area (Å²) in [5, 5.41) is 16.6. The zero-order valence-electron chi connectivity index (χ0n) is 15.6. The molecule has 2 aromatic rings. The lowest BCUT2D eigenvalue weighted by Gasteiger charge is -2.14. The van der Waals surface area contributed by atoms with E-state index in [2.05, 4.69) is 15.6 Å². The van der Waals surface area contributed by atoms with Gasteiger partial charge in [-0.2, -0.15) is 0 Å². The van der Waals surface area contributed by atoms with Gasteiger partial charge >= 0.3 is 0 Å². The van der Waals surface area contributed by atoms with Crippen LogP contribution in [0.4, 0.5) is 4.39 Å². The highest BCUT2D eigenvalue weighted by atomic mass is 127. The quantitative estimate of drug-likeness (QED) is 0.304. The van der Waals surface area contributed by atoms with Gasteiger partial charge in [-0.25, -0.2) is 4.39 Å². The highest BCUT2D eigenvalue weighted by Gasteiger charge is 2.09. The maximum atomic E-state index is 13.6. The molecule has 1 unspecified atom stereocenters. The summed E-state index contributed by atoms with van der Waals surface area (Å²) in [5.41, 5.74) is 1.41. The third kappa shape index (κ3) is 7.72. The smallest absolute Gasteiger partial charge is 0.191 e. The normalized spacial score (nSPS) is 12.1. The number of aliphatic imine (C=N–C) groups is 1. The fourth-order valence-electron chi connectivity index (χ4n) is 2.49. The summed E-state index contributed by atoms with van der Waals surface area (Å²) in [4.78, 5) is 4.41. The van der Waals surface area contributed by atoms with E-state index in [0.717, 1.165) is 5.56 Å². The Morgan fingerprint density at radius 2 is 1.96 bits per heavy atom. The van der Waals surface area contributed by atoms with Crippen molar-refractivity contribution in [2.75, 3.05) is 26.7 Å². The highest BCUT2D eigenvalue weighted by Crippen LogP contribution is 2.19. The molecule has 0 heterocycles. The number of aliphatic hydroxyl groups excluding tert-OH is 1. The second-order valence-electron chi connectivity index (χ2n) is 5.78. The van der Waals surface area contributed by atoms with Crippen molar-refractivity contribution in [3.05, 3.63) is 65.5 Å². The monoisotopic (exact) mass is 487 g/mol. The van der Waals surface area contributed by atoms with Crippen LogP contribution in [0.15, 0.2) is 53.5 Å². The van der Waals surface area contributed by atoms with Crippen LogP contribution in [0.5, 0.6) is 5.75 Å². The van der Waals surface area contributed by atoms with Crippen molar-refractivity contribution >= 4 is 29.9 Å². The van der Waals surface area contributed by atoms with Crippen molar-refractivity contribution in [3.63, 3.8) is 0 Å². The standard InChI is InChI=1S/C20H26FN3O2.HI/c1-3-22-20(23-12-11-15-7-4-5-10-18(15)21)24-14-19(25)16-8-6-9-17(13-16)26-2;/h4-10,13,19,25H,3,11-12,14H2,1-2H3,(H2,22,23,24);1H. The summed E-state index contributed by atoms with van der Waals surface area (Å²) < 4.78 is 18.8. The number of ether oxygens (including phenoxy) is 1. The number of hydrogen-bond acceptors (Lipinski definition) is 3. The molecule has 7 heteroatoms. The minimum atomic E-state index is -0.730. The summed E-state index contributed by atoms with van der Waals surface area (Å²) in [6, 6.07) is 14.0. The van der Waals surface area contributed by atoms with E-state index in [-0.39, 0.29) is 36.3 Å². The minimum Gasteiger partial charge on any atom is -0.497 e. The molecule has 0 aliphatic carbocycles. The SMILES string of the molecule is CCNC(=NCC(O)c1cccc(OC)c1)NCCc1ccccc1F.I. The van der Waals surface area contributed by atoms with Crippen LogP contribution in [-0.2, 0) is 6.42 Å². The van der Waals surface area contributed by atoms with Gasteiger partial charge in [0.05, 0.1) is 19.8 Å². The molecule has 0 aliphatic heterocycles. The molecule has 27 heavy (non-hydrogen) atoms. The van der Waals surface area contributed by atoms with E-state index in [9.17, 15) is 9.50 Å². The van der Waals surface area contributed by atoms with E-state index in [4.69, 9.17) is 4.74 Å². The Bertz CT molecular complexity index is 728. The van der Waals surface area contributed by atoms with Crippen LogP contribution < -0.4 is 15.4 Å². The van der Waals surface area contributed by atoms with Gasteiger partial charge in [0.2, 0.25) is 0 Å². The summed E-state index contributed by atoms with van der Waals surface area (Å²) >= 11 is 0. The van der Waals surface area contributed by atoms with Crippen molar-refractivity contribution in [2.45, 2.75) is 19.4 Å². The molecule has 0 bridgehead atoms. The average molecular weight is 487 g/mol. The number of benzene rings is 2. The molecule has 0 aliphatic rings. The Morgan fingerprint density at radius 1 is 1.19 bits per heavy atom. The van der Waals surface area contributed by atoms with Crippen LogP contribution in [0.1, 0.15) is 24.2 Å². The van der Waals surface area contributed by atoms with E-state index in [1.807, 2.05) is 31.2 Å². The van der Waals surface area contributed by atoms with Crippen LogP contribution in [-0.4, -0.2) is 37.8 Å². The Morgan fingerprint density at radius 3 is 2.67 bits per heavy atom. The lowest BCUT2D eigenvalue weighted by Crippen LogP contribution is -2.38. The molecule has 0 amide bonds. The van der Waals surface area contributed by atoms with E-state index in [1.54, 1.807) is 25.3 Å². The molecule has 0 aromatic heterocycles. The largest absolute Gasteiger partial charge is 0.497 e. The second-order valence-corrected chi connectivity index (χ2v) is 5.78. The van der Waals surface area contributed by atoms with Gasteiger partial charge in [-0.15, -0.1) is 24.0 Å². The van der Waals surface area contributed by atoms with Crippen molar-refractivity contribution in [1.29, 1.82) is 0 Å². The number of halogens is 2. The predicted molar refractivity (Wildman–Crippen MR) is 117 cm³/mol. The fraction of sp³-hybridized carbons (Fsp3) is 0.350. The summed E-state index contributed by atoms with van der Waals surface area (Å²) in [7, 11) is 1.59. The lowest BCUT2D eigenvalue weighted by atomic mass is 10.1. The van der Waals surface area contributed by atoms with Crippen molar-refractivity contribution < 1.29 is 14.2 Å². The summed E-state index contributed by atoms with van der Waals surface area (Å²) in [6.07, 6.45) is -0.178. The fourth-order valence-corrected chi connectivity index (χ4v) is 2.49. The first-order valence-electron chi connectivity index (χ1n) is 8.71. The van der Waals surface area contributed by atoms with E-state index >= 15 is 0 Å². The number of rotatable bonds is 8. The number of nitrogens with one attached hydrogen (secondary N) is 2. The van der Waals surface area contributed by atoms with Gasteiger partial charge in [-0.3, -0.25) is 4.99 Å². The van der Waals surface area contributed by atoms with Crippen molar-refractivity contribution in [1.82, 2.24) is 10.6 Å². The zero-order chi connectivity index (χ0) is 18.8. The summed E-state index contributed by atoms with van der Waals surface area (Å²) in [6.45, 7) is 3.41. The topological polar surface area (TPSA) is 65.9 Å². The Balaban J connectivity index is 0.00000364. The van der Waals surface area contributed by atoms with Crippen LogP contribution in [0.25, 0.3) is 0 Å². The van der Waals surface area contributed by atoms with Gasteiger partial charge in [0.25, 0.3) is 0 Å². The van der Waals surface area contributed by atoms with Crippen molar-refractivity contribution in [3.8, 4) is 5.75 Å². The average Bonchev–Trinajstić information content (AvgIpc) is 2.67. The number of nitrogens with zero attached hydrogens (tertiary/aromatic N) is 1. The van der Waals surface area contributed by atoms with Crippen LogP contribution in [0.3, 0.4) is 0 Å². The van der Waals surface area contributed by atoms with Gasteiger partial charge in [0, 0.05) is 13.1 Å². The van der Waals surface area contributed by atoms with Gasteiger partial charge in [-0.05, 0) is 42.7 Å². The first-order valence-corrected chi connectivity index (χ1v) is 8.71. The van der Waals surface area contributed by atoms with Gasteiger partial charge in [0.15, 0.2) is 5.96 Å². The molecule has 5 nitrogen and oxygen atoms in total. The first kappa shape index (κ1) is 23.2. The molecular weight excluding hydrogens is 460 g/mol. The lowest BCUT2D eigenvalue weighted by molar-refractivity contribution is 0.186. The number of hydrogen-bond donors (Lipinski definition) is 3. The Hall–Kier alpha value is -1.87. The van der Waals surface area contributed by atoms with E-state index in [1.165, 1.54) is 6.07 Å². The van der Waals surface area contributed by atoms with Crippen LogP contribution >= 0.6 is 24.0 Å². The molecule has 148 valence electrons. The third-order valence-electron chi connectivity index (χ3n) is 3.89. The molecule has 3 N–H and O–H groups in total. The van der Waals surface area contributed by atoms with Crippen LogP contribution in [0.2, 0.25) is 0 Å². The molecule has 2 aromatic carbocycles. The summed E-state index contributed by atoms with van der Waals surface area (Å²) in [5.74, 6) is 1.08. The molecule has 0 radical (unpaired) electrons. The minimum absolute atomic E-state index is 0. The number of aliphatic hydroxyl groups is 1. The Labute approximate surface area is 177 Å². The Kier molecular flexibility index (Phi) is 10.7.